The van der Waals surface area contributed by atoms with E-state index in [9.17, 15) is 13.2 Å². The maximum absolute atomic E-state index is 12.3. The number of hydrogen-bond acceptors (Lipinski definition) is 3. The normalized spacial score (nSPS) is 12.5. The zero-order chi connectivity index (χ0) is 20.9. The average Bonchev–Trinajstić information content (AvgIpc) is 2.58. The molecule has 0 aliphatic rings. The van der Waals surface area contributed by atoms with Gasteiger partial charge in [0.2, 0.25) is 15.9 Å². The topological polar surface area (TPSA) is 66.5 Å². The lowest BCUT2D eigenvalue weighted by molar-refractivity contribution is -0.121. The van der Waals surface area contributed by atoms with Crippen LogP contribution in [0.1, 0.15) is 48.1 Å². The summed E-state index contributed by atoms with van der Waals surface area (Å²) >= 11 is 0. The van der Waals surface area contributed by atoms with Gasteiger partial charge in [-0.05, 0) is 57.4 Å². The lowest BCUT2D eigenvalue weighted by Crippen LogP contribution is -2.32. The number of rotatable bonds is 8. The SMILES string of the molecule is Cc1ccc(N(CCCC(=O)N[C@@H](C)c2ccc(C)cc2C)S(C)(=O)=O)cc1. The highest BCUT2D eigenvalue weighted by Gasteiger charge is 2.18. The fourth-order valence-corrected chi connectivity index (χ4v) is 4.25. The number of benzene rings is 2. The van der Waals surface area contributed by atoms with Gasteiger partial charge in [-0.3, -0.25) is 9.10 Å². The summed E-state index contributed by atoms with van der Waals surface area (Å²) in [5.74, 6) is -0.0789. The molecule has 0 aliphatic carbocycles. The van der Waals surface area contributed by atoms with Gasteiger partial charge in [-0.25, -0.2) is 8.42 Å². The minimum absolute atomic E-state index is 0.0789. The van der Waals surface area contributed by atoms with Crippen LogP contribution in [0.2, 0.25) is 0 Å². The highest BCUT2D eigenvalue weighted by atomic mass is 32.2. The first-order chi connectivity index (χ1) is 13.1. The van der Waals surface area contributed by atoms with Crippen molar-refractivity contribution in [3.8, 4) is 0 Å². The molecule has 0 aromatic heterocycles. The van der Waals surface area contributed by atoms with Crippen LogP contribution in [0, 0.1) is 20.8 Å². The summed E-state index contributed by atoms with van der Waals surface area (Å²) in [5.41, 5.74) is 5.12. The first-order valence-electron chi connectivity index (χ1n) is 9.49. The van der Waals surface area contributed by atoms with E-state index >= 15 is 0 Å². The van der Waals surface area contributed by atoms with E-state index in [4.69, 9.17) is 0 Å². The van der Waals surface area contributed by atoms with Crippen LogP contribution in [0.3, 0.4) is 0 Å². The number of nitrogens with zero attached hydrogens (tertiary/aromatic N) is 1. The summed E-state index contributed by atoms with van der Waals surface area (Å²) in [6, 6.07) is 13.4. The van der Waals surface area contributed by atoms with Crippen molar-refractivity contribution in [1.82, 2.24) is 5.32 Å². The Kier molecular flexibility index (Phi) is 7.24. The van der Waals surface area contributed by atoms with Gasteiger partial charge in [-0.1, -0.05) is 41.5 Å². The Morgan fingerprint density at radius 2 is 1.64 bits per heavy atom. The maximum atomic E-state index is 12.3. The monoisotopic (exact) mass is 402 g/mol. The number of aryl methyl sites for hydroxylation is 3. The van der Waals surface area contributed by atoms with Gasteiger partial charge in [0.05, 0.1) is 18.0 Å². The highest BCUT2D eigenvalue weighted by molar-refractivity contribution is 7.92. The third-order valence-electron chi connectivity index (χ3n) is 4.76. The molecule has 0 saturated heterocycles. The van der Waals surface area contributed by atoms with Crippen molar-refractivity contribution in [2.24, 2.45) is 0 Å². The van der Waals surface area contributed by atoms with Gasteiger partial charge in [0.15, 0.2) is 0 Å². The molecule has 0 aliphatic heterocycles. The van der Waals surface area contributed by atoms with Crippen LogP contribution in [-0.4, -0.2) is 27.1 Å². The lowest BCUT2D eigenvalue weighted by Gasteiger charge is -2.23. The zero-order valence-corrected chi connectivity index (χ0v) is 18.1. The first kappa shape index (κ1) is 22.0. The molecule has 5 nitrogen and oxygen atoms in total. The van der Waals surface area contributed by atoms with Gasteiger partial charge in [0, 0.05) is 13.0 Å². The van der Waals surface area contributed by atoms with Crippen molar-refractivity contribution in [3.63, 3.8) is 0 Å². The molecule has 2 rings (SSSR count). The second-order valence-corrected chi connectivity index (χ2v) is 9.33. The van der Waals surface area contributed by atoms with E-state index in [1.807, 2.05) is 52.0 Å². The van der Waals surface area contributed by atoms with Crippen molar-refractivity contribution >= 4 is 21.6 Å². The van der Waals surface area contributed by atoms with Crippen LogP contribution in [0.5, 0.6) is 0 Å². The average molecular weight is 403 g/mol. The molecule has 0 radical (unpaired) electrons. The van der Waals surface area contributed by atoms with Gasteiger partial charge in [0.1, 0.15) is 0 Å². The molecule has 0 spiro atoms. The molecule has 0 bridgehead atoms. The molecule has 1 atom stereocenters. The number of nitrogens with one attached hydrogen (secondary N) is 1. The quantitative estimate of drug-likeness (QED) is 0.725. The van der Waals surface area contributed by atoms with E-state index in [1.54, 1.807) is 12.1 Å². The largest absolute Gasteiger partial charge is 0.350 e. The van der Waals surface area contributed by atoms with Crippen LogP contribution in [0.4, 0.5) is 5.69 Å². The Balaban J connectivity index is 1.94. The Hall–Kier alpha value is -2.34. The third-order valence-corrected chi connectivity index (χ3v) is 5.95. The Morgan fingerprint density at radius 1 is 1.04 bits per heavy atom. The molecule has 2 aromatic rings. The Bertz CT molecular complexity index is 921. The smallest absolute Gasteiger partial charge is 0.232 e. The molecule has 1 amide bonds. The van der Waals surface area contributed by atoms with Crippen LogP contribution < -0.4 is 9.62 Å². The molecule has 1 N–H and O–H groups in total. The van der Waals surface area contributed by atoms with E-state index in [0.717, 1.165) is 16.7 Å². The predicted molar refractivity (Wildman–Crippen MR) is 115 cm³/mol. The number of amides is 1. The molecule has 28 heavy (non-hydrogen) atoms. The van der Waals surface area contributed by atoms with E-state index in [2.05, 4.69) is 11.4 Å². The number of carbonyl (C=O) groups excluding carboxylic acids is 1. The Morgan fingerprint density at radius 3 is 2.21 bits per heavy atom. The third kappa shape index (κ3) is 6.09. The van der Waals surface area contributed by atoms with Crippen molar-refractivity contribution in [1.29, 1.82) is 0 Å². The maximum Gasteiger partial charge on any atom is 0.232 e. The van der Waals surface area contributed by atoms with Crippen LogP contribution in [0.25, 0.3) is 0 Å². The number of hydrogen-bond donors (Lipinski definition) is 1. The summed E-state index contributed by atoms with van der Waals surface area (Å²) in [4.78, 5) is 12.3. The fraction of sp³-hybridized carbons (Fsp3) is 0.409. The molecule has 6 heteroatoms. The zero-order valence-electron chi connectivity index (χ0n) is 17.3. The van der Waals surface area contributed by atoms with E-state index in [0.29, 0.717) is 12.1 Å². The summed E-state index contributed by atoms with van der Waals surface area (Å²) in [5, 5.41) is 3.01. The van der Waals surface area contributed by atoms with Gasteiger partial charge < -0.3 is 5.32 Å². The minimum atomic E-state index is -3.40. The van der Waals surface area contributed by atoms with Gasteiger partial charge in [0.25, 0.3) is 0 Å². The van der Waals surface area contributed by atoms with E-state index in [-0.39, 0.29) is 24.9 Å². The van der Waals surface area contributed by atoms with Crippen molar-refractivity contribution in [2.75, 3.05) is 17.1 Å². The highest BCUT2D eigenvalue weighted by Crippen LogP contribution is 2.20. The molecule has 2 aromatic carbocycles. The van der Waals surface area contributed by atoms with Crippen LogP contribution in [-0.2, 0) is 14.8 Å². The summed E-state index contributed by atoms with van der Waals surface area (Å²) in [6.45, 7) is 8.27. The fourth-order valence-electron chi connectivity index (χ4n) is 3.28. The van der Waals surface area contributed by atoms with E-state index in [1.165, 1.54) is 16.1 Å². The molecule has 152 valence electrons. The molecule has 0 heterocycles. The van der Waals surface area contributed by atoms with Crippen LogP contribution in [0.15, 0.2) is 42.5 Å². The molecule has 0 fully saturated rings. The number of sulfonamides is 1. The van der Waals surface area contributed by atoms with Crippen molar-refractivity contribution in [2.45, 2.75) is 46.6 Å². The molecular formula is C22H30N2O3S. The van der Waals surface area contributed by atoms with Gasteiger partial charge >= 0.3 is 0 Å². The lowest BCUT2D eigenvalue weighted by atomic mass is 10.00. The molecular weight excluding hydrogens is 372 g/mol. The Labute approximate surface area is 168 Å². The van der Waals surface area contributed by atoms with Crippen molar-refractivity contribution < 1.29 is 13.2 Å². The summed E-state index contributed by atoms with van der Waals surface area (Å²) < 4.78 is 25.6. The minimum Gasteiger partial charge on any atom is -0.350 e. The second-order valence-electron chi connectivity index (χ2n) is 7.42. The van der Waals surface area contributed by atoms with Crippen LogP contribution >= 0.6 is 0 Å². The van der Waals surface area contributed by atoms with Gasteiger partial charge in [-0.2, -0.15) is 0 Å². The number of anilines is 1. The molecule has 0 unspecified atom stereocenters. The number of carbonyl (C=O) groups is 1. The van der Waals surface area contributed by atoms with Crippen molar-refractivity contribution in [3.05, 3.63) is 64.7 Å². The van der Waals surface area contributed by atoms with E-state index < -0.39 is 10.0 Å². The predicted octanol–water partition coefficient (Wildman–Crippen LogP) is 4.04. The summed E-state index contributed by atoms with van der Waals surface area (Å²) in [6.07, 6.45) is 1.91. The summed E-state index contributed by atoms with van der Waals surface area (Å²) in [7, 11) is -3.40. The molecule has 0 saturated carbocycles. The first-order valence-corrected chi connectivity index (χ1v) is 11.3. The van der Waals surface area contributed by atoms with Gasteiger partial charge in [-0.15, -0.1) is 0 Å². The second kappa shape index (κ2) is 9.24. The standard InChI is InChI=1S/C22H30N2O3S/c1-16-8-11-20(12-9-16)24(28(5,26)27)14-6-7-22(25)23-19(4)21-13-10-17(2)15-18(21)3/h8-13,15,19H,6-7,14H2,1-5H3,(H,23,25)/t19-/m0/s1.